The minimum Gasteiger partial charge on any atom is -0.477 e. The van der Waals surface area contributed by atoms with Gasteiger partial charge in [0, 0.05) is 6.04 Å². The number of aryl methyl sites for hydroxylation is 1. The Balaban J connectivity index is 2.26. The van der Waals surface area contributed by atoms with Crippen LogP contribution >= 0.6 is 11.3 Å². The van der Waals surface area contributed by atoms with Gasteiger partial charge in [0.25, 0.3) is 0 Å². The van der Waals surface area contributed by atoms with Crippen molar-refractivity contribution in [3.05, 3.63) is 16.5 Å². The van der Waals surface area contributed by atoms with Gasteiger partial charge in [-0.3, -0.25) is 0 Å². The van der Waals surface area contributed by atoms with Crippen molar-refractivity contribution >= 4 is 27.3 Å². The number of hydrogen-bond donors (Lipinski definition) is 2. The number of aromatic carboxylic acids is 1. The van der Waals surface area contributed by atoms with E-state index in [1.165, 1.54) is 6.07 Å². The minimum absolute atomic E-state index is 0.00989. The summed E-state index contributed by atoms with van der Waals surface area (Å²) in [7, 11) is -3.55. The van der Waals surface area contributed by atoms with Gasteiger partial charge in [-0.15, -0.1) is 11.3 Å². The monoisotopic (exact) mass is 275 g/mol. The zero-order valence-electron chi connectivity index (χ0n) is 9.26. The minimum atomic E-state index is -3.55. The molecule has 5 nitrogen and oxygen atoms in total. The number of carbonyl (C=O) groups is 1. The molecule has 1 heterocycles. The summed E-state index contributed by atoms with van der Waals surface area (Å²) in [5.41, 5.74) is 0.483. The highest BCUT2D eigenvalue weighted by molar-refractivity contribution is 7.91. The van der Waals surface area contributed by atoms with E-state index in [1.807, 2.05) is 0 Å². The Morgan fingerprint density at radius 3 is 2.59 bits per heavy atom. The van der Waals surface area contributed by atoms with Crippen LogP contribution in [0.4, 0.5) is 0 Å². The van der Waals surface area contributed by atoms with Crippen molar-refractivity contribution in [1.29, 1.82) is 0 Å². The number of hydrogen-bond acceptors (Lipinski definition) is 4. The Morgan fingerprint density at radius 1 is 1.53 bits per heavy atom. The zero-order chi connectivity index (χ0) is 12.6. The summed E-state index contributed by atoms with van der Waals surface area (Å²) in [5.74, 6) is -1.09. The van der Waals surface area contributed by atoms with Crippen LogP contribution in [0.25, 0.3) is 0 Å². The lowest BCUT2D eigenvalue weighted by atomic mass is 9.94. The molecule has 0 radical (unpaired) electrons. The molecule has 1 saturated carbocycles. The second-order valence-corrected chi connectivity index (χ2v) is 7.12. The molecule has 0 bridgehead atoms. The van der Waals surface area contributed by atoms with Crippen LogP contribution in [0.5, 0.6) is 0 Å². The lowest BCUT2D eigenvalue weighted by molar-refractivity contribution is 0.0701. The maximum Gasteiger partial charge on any atom is 0.346 e. The van der Waals surface area contributed by atoms with Crippen molar-refractivity contribution in [3.8, 4) is 0 Å². The fourth-order valence-electron chi connectivity index (χ4n) is 1.60. The number of nitrogens with one attached hydrogen (secondary N) is 1. The predicted molar refractivity (Wildman–Crippen MR) is 64.0 cm³/mol. The lowest BCUT2D eigenvalue weighted by Gasteiger charge is -2.25. The first kappa shape index (κ1) is 12.5. The first-order valence-corrected chi connectivity index (χ1v) is 7.56. The molecule has 17 heavy (non-hydrogen) atoms. The topological polar surface area (TPSA) is 83.5 Å². The van der Waals surface area contributed by atoms with Gasteiger partial charge in [0.15, 0.2) is 0 Å². The van der Waals surface area contributed by atoms with Crippen LogP contribution in [0.15, 0.2) is 10.3 Å². The first-order chi connectivity index (χ1) is 7.90. The van der Waals surface area contributed by atoms with Crippen molar-refractivity contribution < 1.29 is 18.3 Å². The summed E-state index contributed by atoms with van der Waals surface area (Å²) in [4.78, 5) is 10.9. The summed E-state index contributed by atoms with van der Waals surface area (Å²) in [6.07, 6.45) is 2.75. The highest BCUT2D eigenvalue weighted by Gasteiger charge is 2.27. The van der Waals surface area contributed by atoms with Gasteiger partial charge in [-0.1, -0.05) is 6.42 Å². The summed E-state index contributed by atoms with van der Waals surface area (Å²) in [6.45, 7) is 1.60. The van der Waals surface area contributed by atoms with E-state index in [1.54, 1.807) is 6.92 Å². The van der Waals surface area contributed by atoms with Crippen molar-refractivity contribution in [3.63, 3.8) is 0 Å². The van der Waals surface area contributed by atoms with E-state index in [0.717, 1.165) is 30.6 Å². The smallest absolute Gasteiger partial charge is 0.346 e. The molecule has 1 aromatic heterocycles. The van der Waals surface area contributed by atoms with Gasteiger partial charge >= 0.3 is 5.97 Å². The van der Waals surface area contributed by atoms with E-state index >= 15 is 0 Å². The van der Waals surface area contributed by atoms with Crippen molar-refractivity contribution in [1.82, 2.24) is 4.72 Å². The second-order valence-electron chi connectivity index (χ2n) is 4.13. The Labute approximate surface area is 104 Å². The maximum atomic E-state index is 11.9. The molecular formula is C10H13NO4S2. The Bertz CT molecular complexity index is 543. The van der Waals surface area contributed by atoms with E-state index < -0.39 is 16.0 Å². The lowest BCUT2D eigenvalue weighted by Crippen LogP contribution is -2.39. The normalized spacial score (nSPS) is 16.8. The number of carboxylic acid groups (broad SMARTS) is 1. The first-order valence-electron chi connectivity index (χ1n) is 5.26. The summed E-state index contributed by atoms with van der Waals surface area (Å²) in [6, 6.07) is 1.42. The number of carboxylic acids is 1. The fraction of sp³-hybridized carbons (Fsp3) is 0.500. The SMILES string of the molecule is Cc1cc(S(=O)(=O)NC2CCC2)sc1C(=O)O. The molecule has 1 aliphatic carbocycles. The molecule has 1 fully saturated rings. The van der Waals surface area contributed by atoms with E-state index in [-0.39, 0.29) is 15.1 Å². The van der Waals surface area contributed by atoms with Gasteiger partial charge in [0.1, 0.15) is 9.09 Å². The molecule has 0 amide bonds. The van der Waals surface area contributed by atoms with Crippen LogP contribution in [0.1, 0.15) is 34.5 Å². The van der Waals surface area contributed by atoms with E-state index in [4.69, 9.17) is 5.11 Å². The second kappa shape index (κ2) is 4.40. The largest absolute Gasteiger partial charge is 0.477 e. The molecule has 1 aliphatic rings. The van der Waals surface area contributed by atoms with Crippen LogP contribution < -0.4 is 4.72 Å². The van der Waals surface area contributed by atoms with Crippen molar-refractivity contribution in [2.45, 2.75) is 36.4 Å². The van der Waals surface area contributed by atoms with Gasteiger partial charge in [0.2, 0.25) is 10.0 Å². The third-order valence-electron chi connectivity index (χ3n) is 2.78. The Hall–Kier alpha value is -0.920. The molecule has 0 unspecified atom stereocenters. The predicted octanol–water partition coefficient (Wildman–Crippen LogP) is 1.59. The fourth-order valence-corrected chi connectivity index (χ4v) is 4.30. The van der Waals surface area contributed by atoms with Crippen LogP contribution in [-0.4, -0.2) is 25.5 Å². The van der Waals surface area contributed by atoms with Gasteiger partial charge in [-0.25, -0.2) is 17.9 Å². The van der Waals surface area contributed by atoms with Crippen molar-refractivity contribution in [2.75, 3.05) is 0 Å². The van der Waals surface area contributed by atoms with Gasteiger partial charge in [-0.05, 0) is 31.4 Å². The van der Waals surface area contributed by atoms with Crippen LogP contribution in [-0.2, 0) is 10.0 Å². The number of sulfonamides is 1. The third kappa shape index (κ3) is 2.51. The molecule has 94 valence electrons. The van der Waals surface area contributed by atoms with Gasteiger partial charge in [0.05, 0.1) is 0 Å². The molecule has 1 aromatic rings. The summed E-state index contributed by atoms with van der Waals surface area (Å²) in [5, 5.41) is 8.88. The van der Waals surface area contributed by atoms with Crippen LogP contribution in [0, 0.1) is 6.92 Å². The molecule has 7 heteroatoms. The molecule has 0 atom stereocenters. The standard InChI is InChI=1S/C10H13NO4S2/c1-6-5-8(16-9(6)10(12)13)17(14,15)11-7-3-2-4-7/h5,7,11H,2-4H2,1H3,(H,12,13). The van der Waals surface area contributed by atoms with Crippen molar-refractivity contribution in [2.24, 2.45) is 0 Å². The highest BCUT2D eigenvalue weighted by Crippen LogP contribution is 2.28. The average Bonchev–Trinajstić information content (AvgIpc) is 2.55. The summed E-state index contributed by atoms with van der Waals surface area (Å²) < 4.78 is 26.5. The molecule has 0 spiro atoms. The zero-order valence-corrected chi connectivity index (χ0v) is 10.9. The van der Waals surface area contributed by atoms with E-state index in [9.17, 15) is 13.2 Å². The Kier molecular flexibility index (Phi) is 3.24. The molecule has 0 aliphatic heterocycles. The quantitative estimate of drug-likeness (QED) is 0.874. The summed E-state index contributed by atoms with van der Waals surface area (Å²) >= 11 is 0.801. The average molecular weight is 275 g/mol. The van der Waals surface area contributed by atoms with Crippen LogP contribution in [0.3, 0.4) is 0 Å². The number of thiophene rings is 1. The van der Waals surface area contributed by atoms with E-state index in [0.29, 0.717) is 5.56 Å². The highest BCUT2D eigenvalue weighted by atomic mass is 32.2. The molecular weight excluding hydrogens is 262 g/mol. The van der Waals surface area contributed by atoms with E-state index in [2.05, 4.69) is 4.72 Å². The molecule has 0 aromatic carbocycles. The van der Waals surface area contributed by atoms with Crippen LogP contribution in [0.2, 0.25) is 0 Å². The molecule has 2 rings (SSSR count). The maximum absolute atomic E-state index is 11.9. The third-order valence-corrected chi connectivity index (χ3v) is 6.00. The molecule has 2 N–H and O–H groups in total. The van der Waals surface area contributed by atoms with Gasteiger partial charge in [-0.2, -0.15) is 0 Å². The molecule has 0 saturated heterocycles. The van der Waals surface area contributed by atoms with Gasteiger partial charge < -0.3 is 5.11 Å². The Morgan fingerprint density at radius 2 is 2.18 bits per heavy atom. The number of rotatable bonds is 4.